The number of nitrogens with one attached hydrogen (secondary N) is 1. The van der Waals surface area contributed by atoms with Gasteiger partial charge in [0.2, 0.25) is 0 Å². The first-order valence-corrected chi connectivity index (χ1v) is 6.82. The lowest BCUT2D eigenvalue weighted by Crippen LogP contribution is -2.19. The predicted octanol–water partition coefficient (Wildman–Crippen LogP) is 4.08. The molecule has 19 heavy (non-hydrogen) atoms. The van der Waals surface area contributed by atoms with E-state index in [1.165, 1.54) is 18.4 Å². The molecule has 0 bridgehead atoms. The van der Waals surface area contributed by atoms with Crippen molar-refractivity contribution in [3.63, 3.8) is 0 Å². The third-order valence-electron chi connectivity index (χ3n) is 2.72. The summed E-state index contributed by atoms with van der Waals surface area (Å²) in [5, 5.41) is 2.98. The number of allylic oxidation sites excluding steroid dienone is 1. The molecule has 0 aromatic heterocycles. The molecule has 3 nitrogen and oxygen atoms in total. The Hall–Kier alpha value is -1.25. The quantitative estimate of drug-likeness (QED) is 0.712. The Morgan fingerprint density at radius 1 is 1.42 bits per heavy atom. The standard InChI is InChI=1S/C8H18N2.C7H11N.CH4/c1-7(2)5-4-6-10-8(3)9;1-6(2)7-3-4-8-5-7;/h7,10H,3-6,9H2,1-2H3;4-6H,3H2,1-2H3;1H4. The number of aliphatic imine (C=N–C) groups is 1. The van der Waals surface area contributed by atoms with Gasteiger partial charge in [0.15, 0.2) is 0 Å². The maximum atomic E-state index is 5.30. The summed E-state index contributed by atoms with van der Waals surface area (Å²) in [6, 6.07) is 0. The summed E-state index contributed by atoms with van der Waals surface area (Å²) in [5.41, 5.74) is 6.75. The van der Waals surface area contributed by atoms with Gasteiger partial charge < -0.3 is 11.1 Å². The van der Waals surface area contributed by atoms with E-state index in [2.05, 4.69) is 44.6 Å². The van der Waals surface area contributed by atoms with Gasteiger partial charge in [-0.25, -0.2) is 0 Å². The van der Waals surface area contributed by atoms with Crippen molar-refractivity contribution in [3.05, 3.63) is 24.2 Å². The Bertz CT molecular complexity index is 288. The van der Waals surface area contributed by atoms with Crippen molar-refractivity contribution in [1.29, 1.82) is 0 Å². The minimum absolute atomic E-state index is 0. The number of rotatable bonds is 6. The fraction of sp³-hybridized carbons (Fsp3) is 0.688. The van der Waals surface area contributed by atoms with E-state index in [4.69, 9.17) is 5.73 Å². The number of nitrogens with zero attached hydrogens (tertiary/aromatic N) is 1. The minimum atomic E-state index is 0. The Kier molecular flexibility index (Phi) is 12.5. The Morgan fingerprint density at radius 3 is 2.37 bits per heavy atom. The fourth-order valence-corrected chi connectivity index (χ4v) is 1.50. The zero-order valence-corrected chi connectivity index (χ0v) is 12.4. The molecular formula is C16H33N3. The Balaban J connectivity index is 0. The highest BCUT2D eigenvalue weighted by molar-refractivity contribution is 5.65. The first-order valence-electron chi connectivity index (χ1n) is 6.82. The van der Waals surface area contributed by atoms with Gasteiger partial charge in [0.05, 0.1) is 5.82 Å². The molecule has 0 saturated heterocycles. The molecule has 0 aliphatic carbocycles. The molecule has 1 aliphatic rings. The van der Waals surface area contributed by atoms with E-state index >= 15 is 0 Å². The highest BCUT2D eigenvalue weighted by Crippen LogP contribution is 2.15. The number of hydrogen-bond acceptors (Lipinski definition) is 3. The third kappa shape index (κ3) is 13.0. The Labute approximate surface area is 120 Å². The van der Waals surface area contributed by atoms with Gasteiger partial charge in [0.1, 0.15) is 0 Å². The summed E-state index contributed by atoms with van der Waals surface area (Å²) >= 11 is 0. The summed E-state index contributed by atoms with van der Waals surface area (Å²) in [5.74, 6) is 2.04. The number of hydrogen-bond donors (Lipinski definition) is 2. The van der Waals surface area contributed by atoms with Gasteiger partial charge in [0.25, 0.3) is 0 Å². The van der Waals surface area contributed by atoms with Crippen LogP contribution in [-0.2, 0) is 0 Å². The summed E-state index contributed by atoms with van der Waals surface area (Å²) in [6.45, 7) is 13.3. The maximum Gasteiger partial charge on any atom is 0.0885 e. The maximum absolute atomic E-state index is 5.30. The second-order valence-electron chi connectivity index (χ2n) is 5.38. The SMILES string of the molecule is C.C=C(N)NCCCC(C)C.CC(C)C1=CN=CC1. The van der Waals surface area contributed by atoms with Gasteiger partial charge in [-0.15, -0.1) is 0 Å². The molecule has 0 spiro atoms. The lowest BCUT2D eigenvalue weighted by Gasteiger charge is -2.05. The van der Waals surface area contributed by atoms with Crippen LogP contribution in [0.2, 0.25) is 0 Å². The van der Waals surface area contributed by atoms with Crippen molar-refractivity contribution in [1.82, 2.24) is 5.32 Å². The van der Waals surface area contributed by atoms with Crippen LogP contribution in [0.1, 0.15) is 54.4 Å². The van der Waals surface area contributed by atoms with E-state index in [0.717, 1.165) is 18.9 Å². The van der Waals surface area contributed by atoms with Crippen LogP contribution in [0.25, 0.3) is 0 Å². The van der Waals surface area contributed by atoms with Crippen LogP contribution in [0.15, 0.2) is 29.2 Å². The van der Waals surface area contributed by atoms with Crippen molar-refractivity contribution >= 4 is 6.21 Å². The largest absolute Gasteiger partial charge is 0.386 e. The first kappa shape index (κ1) is 20.1. The minimum Gasteiger partial charge on any atom is -0.386 e. The second kappa shape index (κ2) is 11.8. The van der Waals surface area contributed by atoms with E-state index in [9.17, 15) is 0 Å². The third-order valence-corrected chi connectivity index (χ3v) is 2.72. The molecule has 1 heterocycles. The Morgan fingerprint density at radius 2 is 2.05 bits per heavy atom. The van der Waals surface area contributed by atoms with Crippen molar-refractivity contribution in [2.24, 2.45) is 22.6 Å². The van der Waals surface area contributed by atoms with E-state index in [1.54, 1.807) is 0 Å². The van der Waals surface area contributed by atoms with Gasteiger partial charge in [-0.1, -0.05) is 41.7 Å². The van der Waals surface area contributed by atoms with E-state index in [0.29, 0.717) is 11.7 Å². The molecule has 3 N–H and O–H groups in total. The summed E-state index contributed by atoms with van der Waals surface area (Å²) in [4.78, 5) is 4.00. The lowest BCUT2D eigenvalue weighted by atomic mass is 10.0. The van der Waals surface area contributed by atoms with Crippen molar-refractivity contribution < 1.29 is 0 Å². The van der Waals surface area contributed by atoms with Crippen molar-refractivity contribution in [3.8, 4) is 0 Å². The molecule has 0 aromatic rings. The molecule has 0 atom stereocenters. The molecule has 1 aliphatic heterocycles. The highest BCUT2D eigenvalue weighted by atomic mass is 15.0. The fourth-order valence-electron chi connectivity index (χ4n) is 1.50. The summed E-state index contributed by atoms with van der Waals surface area (Å²) < 4.78 is 0. The lowest BCUT2D eigenvalue weighted by molar-refractivity contribution is 0.543. The van der Waals surface area contributed by atoms with Gasteiger partial charge >= 0.3 is 0 Å². The molecular weight excluding hydrogens is 234 g/mol. The molecule has 0 radical (unpaired) electrons. The normalized spacial score (nSPS) is 12.6. The molecule has 0 aromatic carbocycles. The van der Waals surface area contributed by atoms with Gasteiger partial charge in [-0.05, 0) is 30.3 Å². The highest BCUT2D eigenvalue weighted by Gasteiger charge is 2.03. The van der Waals surface area contributed by atoms with E-state index < -0.39 is 0 Å². The van der Waals surface area contributed by atoms with Crippen LogP contribution in [0.5, 0.6) is 0 Å². The van der Waals surface area contributed by atoms with Gasteiger partial charge in [-0.2, -0.15) is 0 Å². The van der Waals surface area contributed by atoms with Crippen LogP contribution in [-0.4, -0.2) is 12.8 Å². The summed E-state index contributed by atoms with van der Waals surface area (Å²) in [7, 11) is 0. The molecule has 3 heteroatoms. The zero-order chi connectivity index (χ0) is 14.0. The molecule has 0 fully saturated rings. The molecule has 0 unspecified atom stereocenters. The van der Waals surface area contributed by atoms with Crippen molar-refractivity contribution in [2.75, 3.05) is 6.54 Å². The molecule has 0 saturated carbocycles. The van der Waals surface area contributed by atoms with Crippen LogP contribution in [0, 0.1) is 11.8 Å². The van der Waals surface area contributed by atoms with Crippen LogP contribution >= 0.6 is 0 Å². The first-order chi connectivity index (χ1) is 8.43. The summed E-state index contributed by atoms with van der Waals surface area (Å²) in [6.07, 6.45) is 7.41. The van der Waals surface area contributed by atoms with Crippen LogP contribution in [0.3, 0.4) is 0 Å². The second-order valence-corrected chi connectivity index (χ2v) is 5.38. The molecule has 112 valence electrons. The predicted molar refractivity (Wildman–Crippen MR) is 88.2 cm³/mol. The van der Waals surface area contributed by atoms with Gasteiger partial charge in [0, 0.05) is 25.4 Å². The number of nitrogens with two attached hydrogens (primary N) is 1. The van der Waals surface area contributed by atoms with Crippen LogP contribution < -0.4 is 11.1 Å². The van der Waals surface area contributed by atoms with E-state index in [-0.39, 0.29) is 7.43 Å². The molecule has 1 rings (SSSR count). The smallest absolute Gasteiger partial charge is 0.0885 e. The topological polar surface area (TPSA) is 50.4 Å². The monoisotopic (exact) mass is 267 g/mol. The average molecular weight is 267 g/mol. The van der Waals surface area contributed by atoms with Crippen LogP contribution in [0.4, 0.5) is 0 Å². The van der Waals surface area contributed by atoms with Crippen molar-refractivity contribution in [2.45, 2.75) is 54.4 Å². The average Bonchev–Trinajstić information content (AvgIpc) is 2.78. The zero-order valence-electron chi connectivity index (χ0n) is 12.4. The molecule has 0 amide bonds. The van der Waals surface area contributed by atoms with E-state index in [1.807, 2.05) is 12.4 Å². The van der Waals surface area contributed by atoms with Gasteiger partial charge in [-0.3, -0.25) is 4.99 Å².